The molecule has 1 aromatic rings. The summed E-state index contributed by atoms with van der Waals surface area (Å²) >= 11 is 0. The van der Waals surface area contributed by atoms with Gasteiger partial charge in [0.25, 0.3) is 5.91 Å². The van der Waals surface area contributed by atoms with Gasteiger partial charge in [-0.3, -0.25) is 9.59 Å². The Morgan fingerprint density at radius 3 is 2.33 bits per heavy atom. The molecule has 0 radical (unpaired) electrons. The maximum Gasteiger partial charge on any atom is 0.302 e. The monoisotopic (exact) mass is 594 g/mol. The second kappa shape index (κ2) is 11.3. The summed E-state index contributed by atoms with van der Waals surface area (Å²) in [6, 6.07) is 9.38. The molecule has 4 aliphatic carbocycles. The van der Waals surface area contributed by atoms with E-state index in [9.17, 15) is 19.8 Å². The lowest BCUT2D eigenvalue weighted by Gasteiger charge is -2.56. The van der Waals surface area contributed by atoms with Crippen LogP contribution in [0.1, 0.15) is 89.9 Å². The first kappa shape index (κ1) is 32.2. The Bertz CT molecular complexity index is 1250. The molecule has 7 nitrogen and oxygen atoms in total. The highest BCUT2D eigenvalue weighted by atomic mass is 16.5. The van der Waals surface area contributed by atoms with E-state index >= 15 is 0 Å². The van der Waals surface area contributed by atoms with Crippen LogP contribution in [0, 0.1) is 34.0 Å². The van der Waals surface area contributed by atoms with Crippen LogP contribution >= 0.6 is 0 Å². The second-order valence-corrected chi connectivity index (χ2v) is 15.4. The van der Waals surface area contributed by atoms with E-state index in [1.165, 1.54) is 12.5 Å². The summed E-state index contributed by atoms with van der Waals surface area (Å²) in [6.45, 7) is 10.6. The lowest BCUT2D eigenvalue weighted by atomic mass is 9.51. The van der Waals surface area contributed by atoms with Crippen molar-refractivity contribution >= 4 is 11.9 Å². The molecule has 4 aliphatic rings. The Hall–Kier alpha value is -2.22. The molecule has 0 saturated heterocycles. The van der Waals surface area contributed by atoms with Crippen LogP contribution in [0.5, 0.6) is 0 Å². The lowest BCUT2D eigenvalue weighted by molar-refractivity contribution is -0.150. The molecular formula is C36H54N2O5. The van der Waals surface area contributed by atoms with Gasteiger partial charge < -0.3 is 24.7 Å². The predicted molar refractivity (Wildman–Crippen MR) is 168 cm³/mol. The molecule has 3 saturated carbocycles. The third kappa shape index (κ3) is 4.98. The van der Waals surface area contributed by atoms with Crippen LogP contribution in [0.15, 0.2) is 42.0 Å². The van der Waals surface area contributed by atoms with E-state index in [4.69, 9.17) is 4.74 Å². The molecular weight excluding hydrogens is 540 g/mol. The molecule has 43 heavy (non-hydrogen) atoms. The van der Waals surface area contributed by atoms with Crippen molar-refractivity contribution < 1.29 is 24.5 Å². The summed E-state index contributed by atoms with van der Waals surface area (Å²) in [5.74, 6) is 0.0156. The first-order valence-corrected chi connectivity index (χ1v) is 16.3. The number of amides is 1. The van der Waals surface area contributed by atoms with Crippen molar-refractivity contribution in [2.45, 2.75) is 103 Å². The van der Waals surface area contributed by atoms with Gasteiger partial charge in [-0.1, -0.05) is 50.6 Å². The fraction of sp³-hybridized carbons (Fsp3) is 0.722. The summed E-state index contributed by atoms with van der Waals surface area (Å²) in [4.78, 5) is 29.9. The number of ether oxygens (including phenoxy) is 1. The van der Waals surface area contributed by atoms with Crippen LogP contribution < -0.4 is 0 Å². The first-order valence-electron chi connectivity index (χ1n) is 16.3. The second-order valence-electron chi connectivity index (χ2n) is 15.4. The van der Waals surface area contributed by atoms with E-state index in [0.717, 1.165) is 25.7 Å². The van der Waals surface area contributed by atoms with Gasteiger partial charge in [-0.2, -0.15) is 0 Å². The van der Waals surface area contributed by atoms with Crippen LogP contribution in [0.4, 0.5) is 0 Å². The van der Waals surface area contributed by atoms with Gasteiger partial charge in [0.05, 0.1) is 12.2 Å². The van der Waals surface area contributed by atoms with Crippen LogP contribution in [0.3, 0.4) is 0 Å². The summed E-state index contributed by atoms with van der Waals surface area (Å²) < 4.78 is 6.08. The molecule has 238 valence electrons. The molecule has 1 aromatic carbocycles. The van der Waals surface area contributed by atoms with E-state index in [-0.39, 0.29) is 65.3 Å². The Balaban J connectivity index is 1.48. The summed E-state index contributed by atoms with van der Waals surface area (Å²) in [5.41, 5.74) is 0.193. The van der Waals surface area contributed by atoms with Crippen molar-refractivity contribution in [1.82, 2.24) is 9.80 Å². The van der Waals surface area contributed by atoms with Crippen LogP contribution in [-0.2, 0) is 9.53 Å². The van der Waals surface area contributed by atoms with Gasteiger partial charge in [0.15, 0.2) is 0 Å². The Morgan fingerprint density at radius 2 is 1.72 bits per heavy atom. The third-order valence-corrected chi connectivity index (χ3v) is 13.2. The van der Waals surface area contributed by atoms with Gasteiger partial charge in [0, 0.05) is 43.0 Å². The molecule has 0 heterocycles. The number of benzene rings is 1. The minimum absolute atomic E-state index is 0.0486. The van der Waals surface area contributed by atoms with Crippen LogP contribution in [0.25, 0.3) is 0 Å². The zero-order valence-electron chi connectivity index (χ0n) is 27.6. The van der Waals surface area contributed by atoms with Gasteiger partial charge in [-0.25, -0.2) is 0 Å². The number of carbonyl (C=O) groups excluding carboxylic acids is 2. The molecule has 10 atom stereocenters. The highest BCUT2D eigenvalue weighted by molar-refractivity contribution is 5.94. The number of rotatable bonds is 6. The summed E-state index contributed by atoms with van der Waals surface area (Å²) in [6.07, 6.45) is 7.47. The number of hydrogen-bond acceptors (Lipinski definition) is 6. The highest BCUT2D eigenvalue weighted by Crippen LogP contribution is 2.69. The Kier molecular flexibility index (Phi) is 8.45. The summed E-state index contributed by atoms with van der Waals surface area (Å²) in [7, 11) is 6.07. The van der Waals surface area contributed by atoms with Gasteiger partial charge in [-0.05, 0) is 101 Å². The third-order valence-electron chi connectivity index (χ3n) is 13.2. The zero-order chi connectivity index (χ0) is 31.5. The van der Waals surface area contributed by atoms with Crippen molar-refractivity contribution in [3.05, 3.63) is 47.5 Å². The van der Waals surface area contributed by atoms with Crippen molar-refractivity contribution in [1.29, 1.82) is 0 Å². The van der Waals surface area contributed by atoms with Gasteiger partial charge >= 0.3 is 5.97 Å². The van der Waals surface area contributed by atoms with Crippen molar-refractivity contribution in [2.24, 2.45) is 34.0 Å². The fourth-order valence-electron chi connectivity index (χ4n) is 10.6. The van der Waals surface area contributed by atoms with E-state index in [1.54, 1.807) is 0 Å². The standard InChI is InChI=1S/C36H54N2O5/c1-23(37(6)7)31-28(43-24(2)40)21-35(5)27-14-15-29-33(3,22-39)30(38(8)32(41)25-12-10-9-11-13-25)17-19-36(29,42)20-26(27)16-18-34(31,35)4/h9-13,16,23,27-31,39,42H,14-15,17-22H2,1-8H3/t23-,27+,28+,29-,30-,31-,33-,34+,35-,36+/m0/s1. The van der Waals surface area contributed by atoms with E-state index in [1.807, 2.05) is 42.3 Å². The SMILES string of the molecule is CC(=O)O[C@@H]1C[C@@]2(C)[C@@H]3CC[C@@H]4[C@@](O)(CC[C@H](N(C)C(=O)c5ccccc5)[C@@]4(C)CO)CC3=CC[C@]2(C)[C@H]1[C@H](C)N(C)C. The number of hydrogen-bond donors (Lipinski definition) is 2. The zero-order valence-corrected chi connectivity index (χ0v) is 27.6. The molecule has 2 N–H and O–H groups in total. The van der Waals surface area contributed by atoms with Gasteiger partial charge in [0.2, 0.25) is 0 Å². The van der Waals surface area contributed by atoms with Gasteiger partial charge in [0.1, 0.15) is 6.10 Å². The largest absolute Gasteiger partial charge is 0.462 e. The molecule has 7 heteroatoms. The van der Waals surface area contributed by atoms with E-state index in [2.05, 4.69) is 52.8 Å². The smallest absolute Gasteiger partial charge is 0.302 e. The number of nitrogens with zero attached hydrogens (tertiary/aromatic N) is 2. The van der Waals surface area contributed by atoms with Crippen molar-refractivity contribution in [3.8, 4) is 0 Å². The number of aliphatic hydroxyl groups excluding tert-OH is 1. The molecule has 0 aromatic heterocycles. The fourth-order valence-corrected chi connectivity index (χ4v) is 10.6. The maximum absolute atomic E-state index is 13.5. The van der Waals surface area contributed by atoms with Crippen molar-refractivity contribution in [2.75, 3.05) is 27.7 Å². The topological polar surface area (TPSA) is 90.3 Å². The predicted octanol–water partition coefficient (Wildman–Crippen LogP) is 5.31. The van der Waals surface area contributed by atoms with Crippen molar-refractivity contribution in [3.63, 3.8) is 0 Å². The quantitative estimate of drug-likeness (QED) is 0.343. The van der Waals surface area contributed by atoms with E-state index < -0.39 is 11.0 Å². The molecule has 0 spiro atoms. The number of allylic oxidation sites excluding steroid dienone is 1. The minimum atomic E-state index is -0.945. The number of esters is 1. The first-order chi connectivity index (χ1) is 20.1. The lowest BCUT2D eigenvalue weighted by Crippen LogP contribution is -2.62. The molecule has 1 amide bonds. The average molecular weight is 595 g/mol. The van der Waals surface area contributed by atoms with Crippen LogP contribution in [-0.4, -0.2) is 83.4 Å². The highest BCUT2D eigenvalue weighted by Gasteiger charge is 2.67. The molecule has 0 aliphatic heterocycles. The maximum atomic E-state index is 13.5. The Morgan fingerprint density at radius 1 is 1.05 bits per heavy atom. The number of carbonyl (C=O) groups is 2. The number of fused-ring (bicyclic) bond motifs is 4. The van der Waals surface area contributed by atoms with Crippen LogP contribution in [0.2, 0.25) is 0 Å². The molecule has 0 bridgehead atoms. The molecule has 0 unspecified atom stereocenters. The normalized spacial score (nSPS) is 41.3. The molecule has 3 fully saturated rings. The average Bonchev–Trinajstić information content (AvgIpc) is 3.06. The summed E-state index contributed by atoms with van der Waals surface area (Å²) in [5, 5.41) is 23.5. The molecule has 5 rings (SSSR count). The van der Waals surface area contributed by atoms with E-state index in [0.29, 0.717) is 24.8 Å². The number of aliphatic hydroxyl groups is 2. The Labute approximate surface area is 258 Å². The minimum Gasteiger partial charge on any atom is -0.462 e. The van der Waals surface area contributed by atoms with Gasteiger partial charge in [-0.15, -0.1) is 0 Å².